The second-order valence-electron chi connectivity index (χ2n) is 2.86. The number of benzene rings is 1. The fourth-order valence-electron chi connectivity index (χ4n) is 1.30. The predicted octanol–water partition coefficient (Wildman–Crippen LogP) is 3.29. The lowest BCUT2D eigenvalue weighted by atomic mass is 10.2. The summed E-state index contributed by atoms with van der Waals surface area (Å²) in [6.07, 6.45) is -0.671. The molecular weight excluding hydrogens is 274 g/mol. The van der Waals surface area contributed by atoms with Gasteiger partial charge in [0.2, 0.25) is 0 Å². The number of hydrogen-bond acceptors (Lipinski definition) is 2. The molecule has 0 amide bonds. The number of rotatable bonds is 1. The zero-order valence-electron chi connectivity index (χ0n) is 7.10. The van der Waals surface area contributed by atoms with Gasteiger partial charge in [0, 0.05) is 4.47 Å². The molecule has 0 saturated carbocycles. The molecule has 0 N–H and O–H groups in total. The second-order valence-corrected chi connectivity index (χ2v) is 4.18. The average Bonchev–Trinajstić information content (AvgIpc) is 2.54. The first kappa shape index (κ1) is 10.4. The van der Waals surface area contributed by atoms with E-state index in [0.717, 1.165) is 0 Å². The Hall–Kier alpha value is -0.160. The van der Waals surface area contributed by atoms with Gasteiger partial charge in [0.05, 0.1) is 23.8 Å². The molecule has 2 rings (SSSR count). The Morgan fingerprint density at radius 2 is 2.00 bits per heavy atom. The molecular formula is C9H7BrClFO2. The van der Waals surface area contributed by atoms with Gasteiger partial charge in [0.25, 0.3) is 0 Å². The van der Waals surface area contributed by atoms with E-state index >= 15 is 0 Å². The molecule has 0 aliphatic carbocycles. The summed E-state index contributed by atoms with van der Waals surface area (Å²) in [6.45, 7) is 0.937. The summed E-state index contributed by atoms with van der Waals surface area (Å²) in [6, 6.07) is 2.96. The van der Waals surface area contributed by atoms with E-state index in [0.29, 0.717) is 22.7 Å². The molecule has 1 heterocycles. The summed E-state index contributed by atoms with van der Waals surface area (Å²) in [5.74, 6) is -0.420. The molecule has 1 aromatic carbocycles. The maximum absolute atomic E-state index is 13.5. The molecule has 0 atom stereocenters. The largest absolute Gasteiger partial charge is 0.346 e. The maximum Gasteiger partial charge on any atom is 0.188 e. The van der Waals surface area contributed by atoms with Crippen LogP contribution >= 0.6 is 27.5 Å². The highest BCUT2D eigenvalue weighted by atomic mass is 79.9. The summed E-state index contributed by atoms with van der Waals surface area (Å²) in [4.78, 5) is 0. The van der Waals surface area contributed by atoms with Crippen LogP contribution < -0.4 is 0 Å². The maximum atomic E-state index is 13.5. The van der Waals surface area contributed by atoms with E-state index in [1.165, 1.54) is 6.07 Å². The van der Waals surface area contributed by atoms with Gasteiger partial charge in [0.15, 0.2) is 6.29 Å². The van der Waals surface area contributed by atoms with Crippen LogP contribution in [-0.4, -0.2) is 13.2 Å². The minimum atomic E-state index is -0.671. The van der Waals surface area contributed by atoms with Gasteiger partial charge in [-0.1, -0.05) is 27.5 Å². The zero-order valence-corrected chi connectivity index (χ0v) is 9.44. The highest BCUT2D eigenvalue weighted by Crippen LogP contribution is 2.33. The summed E-state index contributed by atoms with van der Waals surface area (Å²) in [7, 11) is 0. The van der Waals surface area contributed by atoms with Crippen LogP contribution in [0, 0.1) is 5.82 Å². The van der Waals surface area contributed by atoms with Gasteiger partial charge in [-0.05, 0) is 12.1 Å². The second kappa shape index (κ2) is 4.14. The Morgan fingerprint density at radius 3 is 2.57 bits per heavy atom. The lowest BCUT2D eigenvalue weighted by Gasteiger charge is -2.12. The summed E-state index contributed by atoms with van der Waals surface area (Å²) >= 11 is 9.03. The van der Waals surface area contributed by atoms with Crippen molar-refractivity contribution in [3.63, 3.8) is 0 Å². The number of ether oxygens (including phenoxy) is 2. The van der Waals surface area contributed by atoms with E-state index in [1.54, 1.807) is 6.07 Å². The van der Waals surface area contributed by atoms with Gasteiger partial charge in [-0.25, -0.2) is 4.39 Å². The standard InChI is InChI=1S/C9H7BrClFO2/c10-5-3-6(11)8(7(12)4-5)9-13-1-2-14-9/h3-4,9H,1-2H2. The third-order valence-corrected chi connectivity index (χ3v) is 2.67. The van der Waals surface area contributed by atoms with Gasteiger partial charge in [-0.2, -0.15) is 0 Å². The molecule has 1 fully saturated rings. The van der Waals surface area contributed by atoms with E-state index in [-0.39, 0.29) is 5.56 Å². The minimum Gasteiger partial charge on any atom is -0.346 e. The van der Waals surface area contributed by atoms with Crippen molar-refractivity contribution in [1.29, 1.82) is 0 Å². The molecule has 1 aliphatic heterocycles. The van der Waals surface area contributed by atoms with Crippen molar-refractivity contribution in [2.45, 2.75) is 6.29 Å². The first-order chi connectivity index (χ1) is 6.68. The van der Waals surface area contributed by atoms with Crippen LogP contribution in [0.2, 0.25) is 5.02 Å². The summed E-state index contributed by atoms with van der Waals surface area (Å²) < 4.78 is 24.4. The molecule has 0 bridgehead atoms. The van der Waals surface area contributed by atoms with Crippen LogP contribution in [0.4, 0.5) is 4.39 Å². The van der Waals surface area contributed by atoms with Crippen LogP contribution in [0.25, 0.3) is 0 Å². The molecule has 14 heavy (non-hydrogen) atoms. The highest BCUT2D eigenvalue weighted by Gasteiger charge is 2.24. The SMILES string of the molecule is Fc1cc(Br)cc(Cl)c1C1OCCO1. The van der Waals surface area contributed by atoms with Crippen LogP contribution in [0.3, 0.4) is 0 Å². The van der Waals surface area contributed by atoms with Gasteiger partial charge in [0.1, 0.15) is 5.82 Å². The van der Waals surface area contributed by atoms with Crippen molar-refractivity contribution in [1.82, 2.24) is 0 Å². The fourth-order valence-corrected chi connectivity index (χ4v) is 2.16. The molecule has 2 nitrogen and oxygen atoms in total. The van der Waals surface area contributed by atoms with Crippen molar-refractivity contribution >= 4 is 27.5 Å². The lowest BCUT2D eigenvalue weighted by molar-refractivity contribution is -0.0463. The van der Waals surface area contributed by atoms with Crippen molar-refractivity contribution in [2.75, 3.05) is 13.2 Å². The third kappa shape index (κ3) is 1.93. The quantitative estimate of drug-likeness (QED) is 0.786. The summed E-state index contributed by atoms with van der Waals surface area (Å²) in [5.41, 5.74) is 0.271. The molecule has 1 aliphatic rings. The van der Waals surface area contributed by atoms with Crippen molar-refractivity contribution in [3.05, 3.63) is 33.0 Å². The van der Waals surface area contributed by atoms with Crippen LogP contribution in [-0.2, 0) is 9.47 Å². The Balaban J connectivity index is 2.40. The van der Waals surface area contributed by atoms with Crippen molar-refractivity contribution in [2.24, 2.45) is 0 Å². The Kier molecular flexibility index (Phi) is 3.07. The van der Waals surface area contributed by atoms with Gasteiger partial charge >= 0.3 is 0 Å². The van der Waals surface area contributed by atoms with Crippen LogP contribution in [0.1, 0.15) is 11.9 Å². The lowest BCUT2D eigenvalue weighted by Crippen LogP contribution is -2.02. The van der Waals surface area contributed by atoms with Gasteiger partial charge in [-0.3, -0.25) is 0 Å². The molecule has 0 unspecified atom stereocenters. The monoisotopic (exact) mass is 280 g/mol. The van der Waals surface area contributed by atoms with E-state index in [1.807, 2.05) is 0 Å². The zero-order chi connectivity index (χ0) is 10.1. The first-order valence-corrected chi connectivity index (χ1v) is 5.23. The Morgan fingerprint density at radius 1 is 1.36 bits per heavy atom. The van der Waals surface area contributed by atoms with E-state index in [2.05, 4.69) is 15.9 Å². The molecule has 0 radical (unpaired) electrons. The Bertz CT molecular complexity index is 330. The van der Waals surface area contributed by atoms with Crippen LogP contribution in [0.15, 0.2) is 16.6 Å². The Labute approximate surface area is 94.1 Å². The molecule has 5 heteroatoms. The predicted molar refractivity (Wildman–Crippen MR) is 53.8 cm³/mol. The molecule has 76 valence electrons. The topological polar surface area (TPSA) is 18.5 Å². The molecule has 0 aromatic heterocycles. The number of halogens is 3. The van der Waals surface area contributed by atoms with Crippen LogP contribution in [0.5, 0.6) is 0 Å². The highest BCUT2D eigenvalue weighted by molar-refractivity contribution is 9.10. The average molecular weight is 282 g/mol. The minimum absolute atomic E-state index is 0.271. The van der Waals surface area contributed by atoms with Gasteiger partial charge < -0.3 is 9.47 Å². The van der Waals surface area contributed by atoms with E-state index in [4.69, 9.17) is 21.1 Å². The van der Waals surface area contributed by atoms with E-state index < -0.39 is 12.1 Å². The molecule has 0 spiro atoms. The van der Waals surface area contributed by atoms with Crippen molar-refractivity contribution < 1.29 is 13.9 Å². The smallest absolute Gasteiger partial charge is 0.188 e. The molecule has 1 aromatic rings. The van der Waals surface area contributed by atoms with Crippen molar-refractivity contribution in [3.8, 4) is 0 Å². The third-order valence-electron chi connectivity index (χ3n) is 1.90. The number of hydrogen-bond donors (Lipinski definition) is 0. The first-order valence-electron chi connectivity index (χ1n) is 4.06. The van der Waals surface area contributed by atoms with Gasteiger partial charge in [-0.15, -0.1) is 0 Å². The van der Waals surface area contributed by atoms with E-state index in [9.17, 15) is 4.39 Å². The fraction of sp³-hybridized carbons (Fsp3) is 0.333. The summed E-state index contributed by atoms with van der Waals surface area (Å²) in [5, 5.41) is 0.309. The molecule has 1 saturated heterocycles. The normalized spacial score (nSPS) is 17.6.